The van der Waals surface area contributed by atoms with Gasteiger partial charge in [0.15, 0.2) is 13.2 Å². The Labute approximate surface area is 227 Å². The predicted octanol–water partition coefficient (Wildman–Crippen LogP) is 7.18. The Balaban J connectivity index is 0.000000362. The molecular formula is C26H32Br2F2O6. The summed E-state index contributed by atoms with van der Waals surface area (Å²) in [6.07, 6.45) is 0. The third kappa shape index (κ3) is 10.0. The van der Waals surface area contributed by atoms with Crippen LogP contribution >= 0.6 is 31.9 Å². The molecule has 10 heteroatoms. The molecule has 0 fully saturated rings. The lowest BCUT2D eigenvalue weighted by Gasteiger charge is -2.21. The minimum atomic E-state index is -1.10. The standard InChI is InChI=1S/C14H18BrFO3.C12H14BrFO3/c1-5-18-13(17)8-19-12-7-11(16)9(6-10(12)15)14(2,3)4;1-12(2,3)7-4-8(13)10(5-9(7)14)17-6-11(15)16/h6-7H,5,8H2,1-4H3;4-5H,6H2,1-3H3,(H,15,16). The lowest BCUT2D eigenvalue weighted by Crippen LogP contribution is -2.16. The van der Waals surface area contributed by atoms with Gasteiger partial charge in [-0.15, -0.1) is 0 Å². The predicted molar refractivity (Wildman–Crippen MR) is 141 cm³/mol. The Hall–Kier alpha value is -2.20. The van der Waals surface area contributed by atoms with Crippen molar-refractivity contribution in [2.24, 2.45) is 0 Å². The number of ether oxygens (including phenoxy) is 3. The summed E-state index contributed by atoms with van der Waals surface area (Å²) in [6.45, 7) is 12.8. The normalized spacial score (nSPS) is 11.3. The molecule has 200 valence electrons. The van der Waals surface area contributed by atoms with Crippen molar-refractivity contribution in [1.82, 2.24) is 0 Å². The van der Waals surface area contributed by atoms with Crippen LogP contribution in [0.4, 0.5) is 8.78 Å². The van der Waals surface area contributed by atoms with Gasteiger partial charge < -0.3 is 19.3 Å². The third-order valence-electron chi connectivity index (χ3n) is 4.66. The summed E-state index contributed by atoms with van der Waals surface area (Å²) in [5, 5.41) is 8.48. The number of esters is 1. The average molecular weight is 638 g/mol. The molecule has 6 nitrogen and oxygen atoms in total. The monoisotopic (exact) mass is 636 g/mol. The van der Waals surface area contributed by atoms with Crippen molar-refractivity contribution in [2.75, 3.05) is 19.8 Å². The maximum atomic E-state index is 14.0. The number of hydrogen-bond donors (Lipinski definition) is 1. The van der Waals surface area contributed by atoms with Crippen molar-refractivity contribution in [1.29, 1.82) is 0 Å². The third-order valence-corrected chi connectivity index (χ3v) is 5.90. The van der Waals surface area contributed by atoms with Crippen molar-refractivity contribution < 1.29 is 37.7 Å². The number of halogens is 4. The van der Waals surface area contributed by atoms with E-state index in [2.05, 4.69) is 31.9 Å². The van der Waals surface area contributed by atoms with E-state index in [9.17, 15) is 18.4 Å². The highest BCUT2D eigenvalue weighted by Crippen LogP contribution is 2.35. The van der Waals surface area contributed by atoms with E-state index < -0.39 is 24.4 Å². The Morgan fingerprint density at radius 1 is 0.806 bits per heavy atom. The van der Waals surface area contributed by atoms with Crippen LogP contribution in [0.2, 0.25) is 0 Å². The molecule has 0 heterocycles. The summed E-state index contributed by atoms with van der Waals surface area (Å²) < 4.78 is 43.9. The highest BCUT2D eigenvalue weighted by atomic mass is 79.9. The fourth-order valence-electron chi connectivity index (χ4n) is 2.91. The molecule has 0 aliphatic carbocycles. The Kier molecular flexibility index (Phi) is 11.8. The highest BCUT2D eigenvalue weighted by Gasteiger charge is 2.22. The second kappa shape index (κ2) is 13.4. The SMILES string of the molecule is CC(C)(C)c1cc(Br)c(OCC(=O)O)cc1F.CCOC(=O)COc1cc(F)c(C(C)(C)C)cc1Br. The highest BCUT2D eigenvalue weighted by molar-refractivity contribution is 9.10. The van der Waals surface area contributed by atoms with E-state index in [0.29, 0.717) is 32.4 Å². The number of carboxylic acids is 1. The largest absolute Gasteiger partial charge is 0.481 e. The van der Waals surface area contributed by atoms with Gasteiger partial charge in [0.25, 0.3) is 0 Å². The smallest absolute Gasteiger partial charge is 0.344 e. The van der Waals surface area contributed by atoms with Gasteiger partial charge in [0, 0.05) is 12.1 Å². The molecule has 0 bridgehead atoms. The molecule has 0 amide bonds. The minimum absolute atomic E-state index is 0.193. The van der Waals surface area contributed by atoms with Crippen molar-refractivity contribution in [2.45, 2.75) is 59.3 Å². The zero-order chi connectivity index (χ0) is 27.8. The summed E-state index contributed by atoms with van der Waals surface area (Å²) in [5.74, 6) is -1.85. The van der Waals surface area contributed by atoms with Gasteiger partial charge in [-0.3, -0.25) is 0 Å². The molecule has 2 aromatic rings. The van der Waals surface area contributed by atoms with Crippen LogP contribution in [0.25, 0.3) is 0 Å². The molecule has 0 atom stereocenters. The molecule has 36 heavy (non-hydrogen) atoms. The van der Waals surface area contributed by atoms with E-state index in [1.807, 2.05) is 41.5 Å². The number of carbonyl (C=O) groups is 2. The Morgan fingerprint density at radius 2 is 1.19 bits per heavy atom. The first-order valence-corrected chi connectivity index (χ1v) is 12.7. The van der Waals surface area contributed by atoms with E-state index in [-0.39, 0.29) is 29.0 Å². The number of hydrogen-bond acceptors (Lipinski definition) is 5. The van der Waals surface area contributed by atoms with Gasteiger partial charge in [0.05, 0.1) is 15.6 Å². The van der Waals surface area contributed by atoms with Crippen LogP contribution in [0, 0.1) is 11.6 Å². The van der Waals surface area contributed by atoms with Crippen molar-refractivity contribution in [3.05, 3.63) is 56.0 Å². The molecule has 0 aliphatic rings. The second-order valence-corrected chi connectivity index (χ2v) is 11.5. The Bertz CT molecular complexity index is 1080. The first-order valence-electron chi connectivity index (χ1n) is 11.1. The molecule has 0 saturated carbocycles. The van der Waals surface area contributed by atoms with Crippen molar-refractivity contribution in [3.8, 4) is 11.5 Å². The van der Waals surface area contributed by atoms with Gasteiger partial charge >= 0.3 is 11.9 Å². The molecule has 2 aromatic carbocycles. The van der Waals surface area contributed by atoms with E-state index in [1.165, 1.54) is 12.1 Å². The Morgan fingerprint density at radius 3 is 1.53 bits per heavy atom. The lowest BCUT2D eigenvalue weighted by molar-refractivity contribution is -0.145. The second-order valence-electron chi connectivity index (χ2n) is 9.80. The summed E-state index contributed by atoms with van der Waals surface area (Å²) >= 11 is 6.56. The maximum Gasteiger partial charge on any atom is 0.344 e. The molecule has 0 aromatic heterocycles. The average Bonchev–Trinajstić information content (AvgIpc) is 2.73. The summed E-state index contributed by atoms with van der Waals surface area (Å²) in [4.78, 5) is 21.5. The summed E-state index contributed by atoms with van der Waals surface area (Å²) in [5.41, 5.74) is 0.513. The van der Waals surface area contributed by atoms with Gasteiger partial charge in [-0.1, -0.05) is 41.5 Å². The fourth-order valence-corrected chi connectivity index (χ4v) is 3.82. The van der Waals surface area contributed by atoms with Crippen LogP contribution in [0.15, 0.2) is 33.2 Å². The van der Waals surface area contributed by atoms with Crippen LogP contribution < -0.4 is 9.47 Å². The summed E-state index contributed by atoms with van der Waals surface area (Å²) in [7, 11) is 0. The molecule has 0 unspecified atom stereocenters. The number of carboxylic acid groups (broad SMARTS) is 1. The maximum absolute atomic E-state index is 14.0. The molecule has 0 saturated heterocycles. The van der Waals surface area contributed by atoms with Crippen LogP contribution in [0.1, 0.15) is 59.6 Å². The summed E-state index contributed by atoms with van der Waals surface area (Å²) in [6, 6.07) is 5.78. The van der Waals surface area contributed by atoms with E-state index in [0.717, 1.165) is 0 Å². The molecular weight excluding hydrogens is 606 g/mol. The van der Waals surface area contributed by atoms with Gasteiger partial charge in [-0.25, -0.2) is 18.4 Å². The van der Waals surface area contributed by atoms with Crippen LogP contribution in [0.3, 0.4) is 0 Å². The van der Waals surface area contributed by atoms with Gasteiger partial charge in [-0.2, -0.15) is 0 Å². The van der Waals surface area contributed by atoms with Crippen LogP contribution in [0.5, 0.6) is 11.5 Å². The van der Waals surface area contributed by atoms with Gasteiger partial charge in [-0.05, 0) is 72.9 Å². The quantitative estimate of drug-likeness (QED) is 0.324. The fraction of sp³-hybridized carbons (Fsp3) is 0.462. The zero-order valence-electron chi connectivity index (χ0n) is 21.4. The molecule has 0 radical (unpaired) electrons. The number of rotatable bonds is 7. The number of aliphatic carboxylic acids is 1. The zero-order valence-corrected chi connectivity index (χ0v) is 24.6. The number of benzene rings is 2. The van der Waals surface area contributed by atoms with E-state index in [1.54, 1.807) is 19.1 Å². The molecule has 0 aliphatic heterocycles. The van der Waals surface area contributed by atoms with E-state index >= 15 is 0 Å². The van der Waals surface area contributed by atoms with Gasteiger partial charge in [0.2, 0.25) is 0 Å². The van der Waals surface area contributed by atoms with Gasteiger partial charge in [0.1, 0.15) is 23.1 Å². The van der Waals surface area contributed by atoms with Crippen LogP contribution in [-0.4, -0.2) is 36.9 Å². The first kappa shape index (κ1) is 31.8. The number of carbonyl (C=O) groups excluding carboxylic acids is 1. The first-order chi connectivity index (χ1) is 16.5. The minimum Gasteiger partial charge on any atom is -0.481 e. The topological polar surface area (TPSA) is 82.1 Å². The van der Waals surface area contributed by atoms with E-state index in [4.69, 9.17) is 19.3 Å². The molecule has 0 spiro atoms. The van der Waals surface area contributed by atoms with Crippen molar-refractivity contribution in [3.63, 3.8) is 0 Å². The van der Waals surface area contributed by atoms with Crippen LogP contribution in [-0.2, 0) is 25.2 Å². The van der Waals surface area contributed by atoms with Crippen molar-refractivity contribution >= 4 is 43.8 Å². The lowest BCUT2D eigenvalue weighted by atomic mass is 9.86. The molecule has 1 N–H and O–H groups in total. The molecule has 2 rings (SSSR count).